The maximum absolute atomic E-state index is 11.8. The Kier molecular flexibility index (Phi) is 2.75. The van der Waals surface area contributed by atoms with Crippen molar-refractivity contribution in [2.24, 2.45) is 0 Å². The summed E-state index contributed by atoms with van der Waals surface area (Å²) in [5.41, 5.74) is 1.96. The Labute approximate surface area is 108 Å². The molecular formula is C13H12N4O2. The molecule has 96 valence electrons. The van der Waals surface area contributed by atoms with Crippen LogP contribution in [0.15, 0.2) is 41.6 Å². The third-order valence-corrected chi connectivity index (χ3v) is 2.95. The molecule has 6 heteroatoms. The van der Waals surface area contributed by atoms with Crippen LogP contribution in [0.25, 0.3) is 11.0 Å². The molecule has 2 heterocycles. The summed E-state index contributed by atoms with van der Waals surface area (Å²) in [5, 5.41) is 6.14. The number of ether oxygens (including phenoxy) is 1. The fourth-order valence-corrected chi connectivity index (χ4v) is 1.99. The van der Waals surface area contributed by atoms with Crippen LogP contribution in [0.4, 0.5) is 0 Å². The number of methoxy groups -OCH3 is 1. The van der Waals surface area contributed by atoms with Crippen LogP contribution < -0.4 is 10.3 Å². The highest BCUT2D eigenvalue weighted by atomic mass is 16.5. The lowest BCUT2D eigenvalue weighted by molar-refractivity contribution is 0.414. The van der Waals surface area contributed by atoms with E-state index < -0.39 is 0 Å². The van der Waals surface area contributed by atoms with E-state index in [1.165, 1.54) is 0 Å². The van der Waals surface area contributed by atoms with E-state index in [9.17, 15) is 4.79 Å². The molecule has 6 nitrogen and oxygen atoms in total. The minimum atomic E-state index is -0.233. The molecule has 2 aromatic heterocycles. The van der Waals surface area contributed by atoms with Gasteiger partial charge in [-0.25, -0.2) is 10.1 Å². The number of H-pyrrole nitrogens is 1. The van der Waals surface area contributed by atoms with Gasteiger partial charge in [0, 0.05) is 6.54 Å². The SMILES string of the molecule is COc1ccc(Cn2cnc3cn[nH]c(=O)c32)cc1. The lowest BCUT2D eigenvalue weighted by Gasteiger charge is -2.05. The van der Waals surface area contributed by atoms with E-state index in [0.29, 0.717) is 17.6 Å². The molecule has 1 N–H and O–H groups in total. The van der Waals surface area contributed by atoms with Crippen molar-refractivity contribution in [3.63, 3.8) is 0 Å². The number of benzene rings is 1. The third-order valence-electron chi connectivity index (χ3n) is 2.95. The van der Waals surface area contributed by atoms with E-state index in [2.05, 4.69) is 15.2 Å². The average molecular weight is 256 g/mol. The second-order valence-corrected chi connectivity index (χ2v) is 4.15. The molecule has 0 saturated carbocycles. The van der Waals surface area contributed by atoms with Crippen molar-refractivity contribution in [1.82, 2.24) is 19.7 Å². The number of aromatic nitrogens is 4. The number of aromatic amines is 1. The summed E-state index contributed by atoms with van der Waals surface area (Å²) < 4.78 is 6.91. The summed E-state index contributed by atoms with van der Waals surface area (Å²) in [5.74, 6) is 0.807. The highest BCUT2D eigenvalue weighted by Crippen LogP contribution is 2.14. The van der Waals surface area contributed by atoms with Crippen LogP contribution in [-0.2, 0) is 6.54 Å². The van der Waals surface area contributed by atoms with Crippen LogP contribution in [0.3, 0.4) is 0 Å². The minimum absolute atomic E-state index is 0.233. The Morgan fingerprint density at radius 3 is 2.84 bits per heavy atom. The molecule has 0 radical (unpaired) electrons. The van der Waals surface area contributed by atoms with Crippen LogP contribution >= 0.6 is 0 Å². The summed E-state index contributed by atoms with van der Waals surface area (Å²) in [7, 11) is 1.63. The van der Waals surface area contributed by atoms with Crippen molar-refractivity contribution in [3.05, 3.63) is 52.7 Å². The van der Waals surface area contributed by atoms with Crippen molar-refractivity contribution in [1.29, 1.82) is 0 Å². The van der Waals surface area contributed by atoms with E-state index in [4.69, 9.17) is 4.74 Å². The molecule has 3 aromatic rings. The monoisotopic (exact) mass is 256 g/mol. The zero-order chi connectivity index (χ0) is 13.2. The zero-order valence-corrected chi connectivity index (χ0v) is 10.3. The summed E-state index contributed by atoms with van der Waals surface area (Å²) >= 11 is 0. The van der Waals surface area contributed by atoms with Crippen LogP contribution in [0.5, 0.6) is 5.75 Å². The molecule has 19 heavy (non-hydrogen) atoms. The number of hydrogen-bond donors (Lipinski definition) is 1. The lowest BCUT2D eigenvalue weighted by atomic mass is 10.2. The Balaban J connectivity index is 1.98. The quantitative estimate of drug-likeness (QED) is 0.763. The summed E-state index contributed by atoms with van der Waals surface area (Å²) in [4.78, 5) is 15.9. The first-order valence-corrected chi connectivity index (χ1v) is 5.79. The molecule has 0 amide bonds. The van der Waals surface area contributed by atoms with Gasteiger partial charge in [0.15, 0.2) is 0 Å². The fourth-order valence-electron chi connectivity index (χ4n) is 1.99. The first-order chi connectivity index (χ1) is 9.28. The molecular weight excluding hydrogens is 244 g/mol. The van der Waals surface area contributed by atoms with Crippen LogP contribution in [0.1, 0.15) is 5.56 Å². The number of fused-ring (bicyclic) bond motifs is 1. The molecule has 0 fully saturated rings. The third kappa shape index (κ3) is 2.08. The van der Waals surface area contributed by atoms with Crippen molar-refractivity contribution in [2.75, 3.05) is 7.11 Å². The zero-order valence-electron chi connectivity index (χ0n) is 10.3. The predicted octanol–water partition coefficient (Wildman–Crippen LogP) is 1.18. The van der Waals surface area contributed by atoms with Gasteiger partial charge in [-0.3, -0.25) is 4.79 Å². The summed E-state index contributed by atoms with van der Waals surface area (Å²) in [6.07, 6.45) is 3.19. The highest BCUT2D eigenvalue weighted by Gasteiger charge is 2.07. The van der Waals surface area contributed by atoms with Crippen LogP contribution in [0.2, 0.25) is 0 Å². The fraction of sp³-hybridized carbons (Fsp3) is 0.154. The van der Waals surface area contributed by atoms with Gasteiger partial charge in [0.05, 0.1) is 19.6 Å². The minimum Gasteiger partial charge on any atom is -0.497 e. The van der Waals surface area contributed by atoms with E-state index in [1.54, 1.807) is 24.2 Å². The maximum atomic E-state index is 11.8. The van der Waals surface area contributed by atoms with Crippen molar-refractivity contribution >= 4 is 11.0 Å². The molecule has 0 spiro atoms. The van der Waals surface area contributed by atoms with Crippen LogP contribution in [0, 0.1) is 0 Å². The van der Waals surface area contributed by atoms with E-state index in [0.717, 1.165) is 11.3 Å². The normalized spacial score (nSPS) is 10.8. The second-order valence-electron chi connectivity index (χ2n) is 4.15. The second kappa shape index (κ2) is 4.56. The van der Waals surface area contributed by atoms with Crippen molar-refractivity contribution in [3.8, 4) is 5.75 Å². The Morgan fingerprint density at radius 1 is 1.32 bits per heavy atom. The molecule has 0 aliphatic heterocycles. The Morgan fingerprint density at radius 2 is 2.11 bits per heavy atom. The Bertz CT molecular complexity index is 758. The number of hydrogen-bond acceptors (Lipinski definition) is 4. The topological polar surface area (TPSA) is 72.8 Å². The standard InChI is InChI=1S/C13H12N4O2/c1-19-10-4-2-9(3-5-10)7-17-8-14-11-6-15-16-13(18)12(11)17/h2-6,8H,7H2,1H3,(H,16,18). The lowest BCUT2D eigenvalue weighted by Crippen LogP contribution is -2.12. The predicted molar refractivity (Wildman–Crippen MR) is 70.2 cm³/mol. The van der Waals surface area contributed by atoms with Gasteiger partial charge in [-0.05, 0) is 17.7 Å². The van der Waals surface area contributed by atoms with E-state index in [-0.39, 0.29) is 5.56 Å². The maximum Gasteiger partial charge on any atom is 0.290 e. The molecule has 1 aromatic carbocycles. The van der Waals surface area contributed by atoms with Gasteiger partial charge in [0.25, 0.3) is 5.56 Å². The van der Waals surface area contributed by atoms with E-state index in [1.807, 2.05) is 24.3 Å². The molecule has 3 rings (SSSR count). The van der Waals surface area contributed by atoms with Gasteiger partial charge in [-0.15, -0.1) is 0 Å². The number of nitrogens with zero attached hydrogens (tertiary/aromatic N) is 3. The van der Waals surface area contributed by atoms with Gasteiger partial charge in [-0.1, -0.05) is 12.1 Å². The molecule has 0 bridgehead atoms. The van der Waals surface area contributed by atoms with Gasteiger partial charge >= 0.3 is 0 Å². The number of nitrogens with one attached hydrogen (secondary N) is 1. The Hall–Kier alpha value is -2.63. The average Bonchev–Trinajstić information content (AvgIpc) is 2.84. The first kappa shape index (κ1) is 11.5. The largest absolute Gasteiger partial charge is 0.497 e. The molecule has 0 aliphatic rings. The van der Waals surface area contributed by atoms with Gasteiger partial charge in [-0.2, -0.15) is 5.10 Å². The van der Waals surface area contributed by atoms with Gasteiger partial charge in [0.2, 0.25) is 0 Å². The molecule has 0 saturated heterocycles. The van der Waals surface area contributed by atoms with Crippen molar-refractivity contribution < 1.29 is 4.74 Å². The van der Waals surface area contributed by atoms with Gasteiger partial charge in [0.1, 0.15) is 16.8 Å². The number of imidazole rings is 1. The summed E-state index contributed by atoms with van der Waals surface area (Å²) in [6, 6.07) is 7.70. The molecule has 0 aliphatic carbocycles. The van der Waals surface area contributed by atoms with Gasteiger partial charge < -0.3 is 9.30 Å². The molecule has 0 atom stereocenters. The van der Waals surface area contributed by atoms with Crippen molar-refractivity contribution in [2.45, 2.75) is 6.54 Å². The number of rotatable bonds is 3. The highest BCUT2D eigenvalue weighted by molar-refractivity contribution is 5.72. The van der Waals surface area contributed by atoms with E-state index >= 15 is 0 Å². The first-order valence-electron chi connectivity index (χ1n) is 5.79. The summed E-state index contributed by atoms with van der Waals surface area (Å²) in [6.45, 7) is 0.577. The molecule has 0 unspecified atom stereocenters. The van der Waals surface area contributed by atoms with Crippen LogP contribution in [-0.4, -0.2) is 26.9 Å². The smallest absolute Gasteiger partial charge is 0.290 e.